The Morgan fingerprint density at radius 3 is 2.79 bits per heavy atom. The fraction of sp³-hybridized carbons (Fsp3) is 0.409. The first-order chi connectivity index (χ1) is 13.6. The number of amides is 1. The summed E-state index contributed by atoms with van der Waals surface area (Å²) < 4.78 is 16.4. The van der Waals surface area contributed by atoms with Crippen molar-refractivity contribution in [2.75, 3.05) is 19.9 Å². The van der Waals surface area contributed by atoms with E-state index >= 15 is 0 Å². The van der Waals surface area contributed by atoms with Crippen LogP contribution in [0.5, 0.6) is 17.2 Å². The van der Waals surface area contributed by atoms with E-state index in [1.807, 2.05) is 49.4 Å². The number of carbonyl (C=O) groups excluding carboxylic acids is 1. The Morgan fingerprint density at radius 2 is 2.00 bits per heavy atom. The van der Waals surface area contributed by atoms with Crippen LogP contribution < -0.4 is 14.2 Å². The van der Waals surface area contributed by atoms with Gasteiger partial charge in [0, 0.05) is 25.1 Å². The lowest BCUT2D eigenvalue weighted by Crippen LogP contribution is -2.36. The first-order valence-electron chi connectivity index (χ1n) is 9.62. The van der Waals surface area contributed by atoms with Crippen molar-refractivity contribution in [3.63, 3.8) is 0 Å². The summed E-state index contributed by atoms with van der Waals surface area (Å²) in [6.45, 7) is 5.10. The highest BCUT2D eigenvalue weighted by atomic mass is 16.7. The highest BCUT2D eigenvalue weighted by Crippen LogP contribution is 2.32. The van der Waals surface area contributed by atoms with Gasteiger partial charge in [-0.25, -0.2) is 0 Å². The molecule has 0 saturated heterocycles. The number of hydrogen-bond donors (Lipinski definition) is 1. The summed E-state index contributed by atoms with van der Waals surface area (Å²) in [7, 11) is 0. The molecule has 1 heterocycles. The Kier molecular flexibility index (Phi) is 6.76. The van der Waals surface area contributed by atoms with Crippen LogP contribution in [-0.2, 0) is 17.8 Å². The Morgan fingerprint density at radius 1 is 1.21 bits per heavy atom. The van der Waals surface area contributed by atoms with Gasteiger partial charge in [-0.15, -0.1) is 0 Å². The van der Waals surface area contributed by atoms with Crippen molar-refractivity contribution in [2.24, 2.45) is 0 Å². The van der Waals surface area contributed by atoms with Crippen LogP contribution in [0.3, 0.4) is 0 Å². The van der Waals surface area contributed by atoms with Crippen LogP contribution in [-0.4, -0.2) is 42.0 Å². The topological polar surface area (TPSA) is 68.2 Å². The zero-order chi connectivity index (χ0) is 19.9. The van der Waals surface area contributed by atoms with E-state index in [1.54, 1.807) is 11.8 Å². The molecule has 3 rings (SSSR count). The van der Waals surface area contributed by atoms with Crippen LogP contribution in [0.2, 0.25) is 0 Å². The van der Waals surface area contributed by atoms with E-state index in [1.165, 1.54) is 0 Å². The molecule has 0 fully saturated rings. The molecule has 28 heavy (non-hydrogen) atoms. The van der Waals surface area contributed by atoms with E-state index in [2.05, 4.69) is 0 Å². The minimum atomic E-state index is -0.603. The minimum Gasteiger partial charge on any atom is -0.494 e. The number of para-hydroxylation sites is 1. The number of nitrogens with zero attached hydrogens (tertiary/aromatic N) is 1. The van der Waals surface area contributed by atoms with Crippen molar-refractivity contribution in [2.45, 2.75) is 39.3 Å². The maximum absolute atomic E-state index is 12.9. The van der Waals surface area contributed by atoms with Crippen molar-refractivity contribution in [1.29, 1.82) is 0 Å². The van der Waals surface area contributed by atoms with E-state index in [9.17, 15) is 9.90 Å². The van der Waals surface area contributed by atoms with Crippen LogP contribution >= 0.6 is 0 Å². The normalized spacial score (nSPS) is 13.2. The van der Waals surface area contributed by atoms with Gasteiger partial charge in [0.1, 0.15) is 5.75 Å². The Bertz CT molecular complexity index is 805. The quantitative estimate of drug-likeness (QED) is 0.718. The molecule has 1 amide bonds. The van der Waals surface area contributed by atoms with Gasteiger partial charge in [-0.2, -0.15) is 0 Å². The highest BCUT2D eigenvalue weighted by molar-refractivity contribution is 5.76. The van der Waals surface area contributed by atoms with Gasteiger partial charge in [0.15, 0.2) is 11.5 Å². The number of rotatable bonds is 9. The molecule has 1 atom stereocenters. The summed E-state index contributed by atoms with van der Waals surface area (Å²) in [6, 6.07) is 13.4. The minimum absolute atomic E-state index is 0.00938. The first kappa shape index (κ1) is 20.0. The standard InChI is InChI=1S/C22H27NO5/c1-3-26-19-7-5-4-6-18(19)14-23(13-16(2)24)22(25)11-9-17-8-10-20-21(12-17)28-15-27-20/h4-8,10,12,16,24H,3,9,11,13-15H2,1-2H3. The smallest absolute Gasteiger partial charge is 0.231 e. The lowest BCUT2D eigenvalue weighted by atomic mass is 10.1. The third kappa shape index (κ3) is 5.16. The van der Waals surface area contributed by atoms with Crippen LogP contribution in [0, 0.1) is 0 Å². The number of carbonyl (C=O) groups is 1. The predicted molar refractivity (Wildman–Crippen MR) is 106 cm³/mol. The van der Waals surface area contributed by atoms with E-state index in [-0.39, 0.29) is 19.2 Å². The molecule has 0 radical (unpaired) electrons. The molecule has 0 aliphatic carbocycles. The van der Waals surface area contributed by atoms with Gasteiger partial charge in [-0.3, -0.25) is 4.79 Å². The molecule has 1 N–H and O–H groups in total. The number of aliphatic hydroxyl groups excluding tert-OH is 1. The molecule has 1 unspecified atom stereocenters. The molecule has 0 spiro atoms. The van der Waals surface area contributed by atoms with E-state index in [0.29, 0.717) is 26.0 Å². The van der Waals surface area contributed by atoms with Gasteiger partial charge < -0.3 is 24.2 Å². The molecule has 150 valence electrons. The molecule has 2 aromatic rings. The molecule has 6 nitrogen and oxygen atoms in total. The monoisotopic (exact) mass is 385 g/mol. The summed E-state index contributed by atoms with van der Waals surface area (Å²) >= 11 is 0. The van der Waals surface area contributed by atoms with Crippen molar-refractivity contribution in [1.82, 2.24) is 4.90 Å². The van der Waals surface area contributed by atoms with E-state index in [0.717, 1.165) is 28.4 Å². The molecule has 0 saturated carbocycles. The van der Waals surface area contributed by atoms with E-state index < -0.39 is 6.10 Å². The predicted octanol–water partition coefficient (Wildman–Crippen LogP) is 3.16. The van der Waals surface area contributed by atoms with Crippen LogP contribution in [0.15, 0.2) is 42.5 Å². The number of aryl methyl sites for hydroxylation is 1. The number of benzene rings is 2. The summed E-state index contributed by atoms with van der Waals surface area (Å²) in [5.41, 5.74) is 1.95. The highest BCUT2D eigenvalue weighted by Gasteiger charge is 2.19. The Hall–Kier alpha value is -2.73. The van der Waals surface area contributed by atoms with Crippen LogP contribution in [0.1, 0.15) is 31.4 Å². The Balaban J connectivity index is 1.66. The third-order valence-electron chi connectivity index (χ3n) is 4.54. The van der Waals surface area contributed by atoms with Gasteiger partial charge in [-0.05, 0) is 44.0 Å². The number of ether oxygens (including phenoxy) is 3. The van der Waals surface area contributed by atoms with Crippen molar-refractivity contribution in [3.05, 3.63) is 53.6 Å². The van der Waals surface area contributed by atoms with Gasteiger partial charge >= 0.3 is 0 Å². The zero-order valence-corrected chi connectivity index (χ0v) is 16.4. The van der Waals surface area contributed by atoms with Crippen molar-refractivity contribution >= 4 is 5.91 Å². The maximum atomic E-state index is 12.9. The summed E-state index contributed by atoms with van der Waals surface area (Å²) in [5, 5.41) is 9.86. The largest absolute Gasteiger partial charge is 0.494 e. The molecular formula is C22H27NO5. The van der Waals surface area contributed by atoms with Crippen LogP contribution in [0.4, 0.5) is 0 Å². The zero-order valence-electron chi connectivity index (χ0n) is 16.4. The average Bonchev–Trinajstić information content (AvgIpc) is 3.14. The first-order valence-corrected chi connectivity index (χ1v) is 9.62. The van der Waals surface area contributed by atoms with Crippen molar-refractivity contribution < 1.29 is 24.1 Å². The second kappa shape index (κ2) is 9.46. The number of hydrogen-bond acceptors (Lipinski definition) is 5. The fourth-order valence-electron chi connectivity index (χ4n) is 3.22. The van der Waals surface area contributed by atoms with E-state index in [4.69, 9.17) is 14.2 Å². The number of aliphatic hydroxyl groups is 1. The Labute approximate surface area is 165 Å². The molecule has 6 heteroatoms. The maximum Gasteiger partial charge on any atom is 0.231 e. The molecule has 0 aromatic heterocycles. The summed E-state index contributed by atoms with van der Waals surface area (Å²) in [4.78, 5) is 14.6. The molecule has 2 aromatic carbocycles. The molecule has 0 bridgehead atoms. The fourth-order valence-corrected chi connectivity index (χ4v) is 3.22. The van der Waals surface area contributed by atoms with Gasteiger partial charge in [0.05, 0.1) is 12.7 Å². The number of fused-ring (bicyclic) bond motifs is 1. The summed E-state index contributed by atoms with van der Waals surface area (Å²) in [6.07, 6.45) is 0.343. The molecular weight excluding hydrogens is 358 g/mol. The van der Waals surface area contributed by atoms with Gasteiger partial charge in [0.2, 0.25) is 12.7 Å². The van der Waals surface area contributed by atoms with Gasteiger partial charge in [-0.1, -0.05) is 24.3 Å². The van der Waals surface area contributed by atoms with Crippen LogP contribution in [0.25, 0.3) is 0 Å². The lowest BCUT2D eigenvalue weighted by molar-refractivity contribution is -0.133. The second-order valence-electron chi connectivity index (χ2n) is 6.85. The SMILES string of the molecule is CCOc1ccccc1CN(CC(C)O)C(=O)CCc1ccc2c(c1)OCO2. The molecule has 1 aliphatic heterocycles. The van der Waals surface area contributed by atoms with Gasteiger partial charge in [0.25, 0.3) is 0 Å². The summed E-state index contributed by atoms with van der Waals surface area (Å²) in [5.74, 6) is 2.21. The second-order valence-corrected chi connectivity index (χ2v) is 6.85. The molecule has 1 aliphatic rings. The third-order valence-corrected chi connectivity index (χ3v) is 4.54. The average molecular weight is 385 g/mol. The van der Waals surface area contributed by atoms with Crippen molar-refractivity contribution in [3.8, 4) is 17.2 Å². The lowest BCUT2D eigenvalue weighted by Gasteiger charge is -2.25.